The molecule has 2 amide bonds. The van der Waals surface area contributed by atoms with E-state index >= 15 is 0 Å². The van der Waals surface area contributed by atoms with Crippen LogP contribution in [0.1, 0.15) is 72.8 Å². The van der Waals surface area contributed by atoms with Gasteiger partial charge in [-0.25, -0.2) is 19.6 Å². The molecule has 0 spiro atoms. The van der Waals surface area contributed by atoms with Crippen LogP contribution in [0.2, 0.25) is 0 Å². The number of carbonyl (C=O) groups excluding carboxylic acids is 2. The molecular formula is C34H45IN6O4S16. The molecule has 4 bridgehead atoms. The van der Waals surface area contributed by atoms with Gasteiger partial charge in [0.2, 0.25) is 0 Å². The third kappa shape index (κ3) is 19.2. The maximum Gasteiger partial charge on any atom is 0.410 e. The smallest absolute Gasteiger partial charge is 0.410 e. The summed E-state index contributed by atoms with van der Waals surface area (Å²) in [6.07, 6.45) is 12.7. The largest absolute Gasteiger partial charge is 0.444 e. The Bertz CT molecular complexity index is 2460. The van der Waals surface area contributed by atoms with Crippen molar-refractivity contribution in [3.05, 3.63) is 45.8 Å². The highest BCUT2D eigenvalue weighted by Crippen LogP contribution is 2.35. The van der Waals surface area contributed by atoms with Gasteiger partial charge in [-0.1, -0.05) is 5.92 Å². The number of piperazine rings is 2. The fraction of sp³-hybridized carbons (Fsp3) is 0.588. The van der Waals surface area contributed by atoms with Crippen LogP contribution in [-0.4, -0.2) is 93.5 Å². The van der Waals surface area contributed by atoms with Gasteiger partial charge in [0, 0.05) is 194 Å². The molecule has 2 aromatic rings. The molecule has 6 rings (SSSR count). The molecule has 10 nitrogen and oxygen atoms in total. The number of fused-ring (bicyclic) bond motifs is 4. The van der Waals surface area contributed by atoms with E-state index < -0.39 is 11.2 Å². The lowest BCUT2D eigenvalue weighted by molar-refractivity contribution is 0.0111. The van der Waals surface area contributed by atoms with Crippen molar-refractivity contribution in [2.75, 3.05) is 36.0 Å². The van der Waals surface area contributed by atoms with Gasteiger partial charge in [-0.15, -0.1) is 6.42 Å². The van der Waals surface area contributed by atoms with Crippen molar-refractivity contribution >= 4 is 193 Å². The van der Waals surface area contributed by atoms with E-state index in [0.29, 0.717) is 0 Å². The highest BCUT2D eigenvalue weighted by atomic mass is 127. The Kier molecular flexibility index (Phi) is 24.5. The number of amides is 2. The molecule has 0 aromatic carbocycles. The first-order valence-corrected chi connectivity index (χ1v) is 39.4. The number of hydrogen-bond acceptors (Lipinski definition) is 10. The summed E-state index contributed by atoms with van der Waals surface area (Å²) in [5.41, 5.74) is -0.116. The summed E-state index contributed by atoms with van der Waals surface area (Å²) in [4.78, 5) is 42.3. The van der Waals surface area contributed by atoms with Gasteiger partial charge >= 0.3 is 12.2 Å². The molecule has 4 fully saturated rings. The third-order valence-electron chi connectivity index (χ3n) is 8.81. The van der Waals surface area contributed by atoms with E-state index in [2.05, 4.69) is 60.4 Å². The molecule has 338 valence electrons. The van der Waals surface area contributed by atoms with E-state index in [1.807, 2.05) is 69.7 Å². The highest BCUT2D eigenvalue weighted by molar-refractivity contribution is 14.1. The summed E-state index contributed by atoms with van der Waals surface area (Å²) < 4.78 is 12.3. The number of aromatic nitrogens is 2. The summed E-state index contributed by atoms with van der Waals surface area (Å²) in [5, 5.41) is 0. The van der Waals surface area contributed by atoms with Gasteiger partial charge in [0.1, 0.15) is 22.8 Å². The maximum atomic E-state index is 12.4. The molecule has 6 heterocycles. The minimum absolute atomic E-state index is 0.171. The molecule has 4 unspecified atom stereocenters. The normalized spacial score (nSPS) is 19.6. The third-order valence-corrected chi connectivity index (χ3v) is 38.3. The number of halogens is 1. The Morgan fingerprint density at radius 1 is 0.623 bits per heavy atom. The molecule has 0 saturated carbocycles. The Labute approximate surface area is 422 Å². The SMILES string of the molecule is C#Cc1ccc(N2CC3CCC(C2)N3C(=O)OC(C)(C)C)nc1.CC(C)(C)OC(=O)N1C2CCC1CN(c1ccc(I)cn1)C2.S=S=S=S=S=S=S=S=S=S=S=S=S=S=S=S. The van der Waals surface area contributed by atoms with Crippen LogP contribution < -0.4 is 9.80 Å². The zero-order valence-electron chi connectivity index (χ0n) is 33.7. The second kappa shape index (κ2) is 27.8. The molecule has 61 heavy (non-hydrogen) atoms. The first-order chi connectivity index (χ1) is 29.1. The average Bonchev–Trinajstić information content (AvgIpc) is 3.64. The van der Waals surface area contributed by atoms with E-state index in [4.69, 9.17) is 38.3 Å². The Balaban J connectivity index is 0.000000206. The van der Waals surface area contributed by atoms with Crippen molar-refractivity contribution in [2.45, 2.75) is 103 Å². The van der Waals surface area contributed by atoms with Crippen LogP contribution >= 0.6 is 22.6 Å². The van der Waals surface area contributed by atoms with Gasteiger partial charge < -0.3 is 19.3 Å². The van der Waals surface area contributed by atoms with Crippen molar-refractivity contribution in [3.8, 4) is 12.3 Å². The monoisotopic (exact) mass is 1240 g/mol. The number of pyridine rings is 2. The van der Waals surface area contributed by atoms with Crippen molar-refractivity contribution < 1.29 is 19.1 Å². The van der Waals surface area contributed by atoms with Crippen LogP contribution in [0.15, 0.2) is 36.7 Å². The minimum Gasteiger partial charge on any atom is -0.444 e. The van der Waals surface area contributed by atoms with Crippen molar-refractivity contribution in [3.63, 3.8) is 0 Å². The molecule has 0 aliphatic carbocycles. The summed E-state index contributed by atoms with van der Waals surface area (Å²) >= 11 is 11.7. The van der Waals surface area contributed by atoms with Crippen LogP contribution in [-0.2, 0) is 156 Å². The summed E-state index contributed by atoms with van der Waals surface area (Å²) in [6, 6.07) is 8.84. The van der Waals surface area contributed by atoms with Crippen LogP contribution in [0.25, 0.3) is 0 Å². The first-order valence-electron chi connectivity index (χ1n) is 18.3. The fourth-order valence-electron chi connectivity index (χ4n) is 6.76. The molecule has 0 N–H and O–H groups in total. The predicted molar refractivity (Wildman–Crippen MR) is 301 cm³/mol. The van der Waals surface area contributed by atoms with Crippen LogP contribution in [0, 0.1) is 15.9 Å². The number of nitrogens with zero attached hydrogens (tertiary/aromatic N) is 6. The summed E-state index contributed by atoms with van der Waals surface area (Å²) in [5.74, 6) is 4.50. The van der Waals surface area contributed by atoms with Gasteiger partial charge in [0.05, 0.1) is 24.2 Å². The number of ether oxygens (including phenoxy) is 2. The van der Waals surface area contributed by atoms with Crippen molar-refractivity contribution in [1.29, 1.82) is 0 Å². The summed E-state index contributed by atoms with van der Waals surface area (Å²) in [7, 11) is 23.5. The van der Waals surface area contributed by atoms with E-state index in [-0.39, 0.29) is 36.4 Å². The standard InChI is InChI=1S/C18H23N3O2.C16H22IN3O2.S16/c1-5-13-6-9-16(19-10-13)20-11-14-7-8-15(12-20)21(14)17(22)23-18(2,3)4;1-16(2,3)22-15(21)20-12-5-6-13(20)10-19(9-12)14-7-4-11(17)8-18-14;1-3-5-7-9-11-13-15-16-14-12-10-8-6-4-2/h1,6,9-10,14-15H,7-8,11-12H2,2-4H3;4,7-8,12-13H,5-6,9-10H2,1-3H3;. The lowest BCUT2D eigenvalue weighted by Crippen LogP contribution is -2.57. The predicted octanol–water partition coefficient (Wildman–Crippen LogP) is 5.89. The van der Waals surface area contributed by atoms with Crippen LogP contribution in [0.5, 0.6) is 0 Å². The van der Waals surface area contributed by atoms with Crippen molar-refractivity contribution in [2.24, 2.45) is 0 Å². The number of hydrogen-bond donors (Lipinski definition) is 0. The van der Waals surface area contributed by atoms with Gasteiger partial charge in [-0.2, -0.15) is 0 Å². The van der Waals surface area contributed by atoms with Gasteiger partial charge in [-0.05, 0) is 114 Å². The molecule has 27 heteroatoms. The number of anilines is 2. The molecular weight excluding hydrogens is 1200 g/mol. The molecule has 4 atom stereocenters. The Morgan fingerprint density at radius 3 is 1.25 bits per heavy atom. The van der Waals surface area contributed by atoms with Crippen LogP contribution in [0.4, 0.5) is 21.2 Å². The van der Waals surface area contributed by atoms with Gasteiger partial charge in [0.15, 0.2) is 0 Å². The summed E-state index contributed by atoms with van der Waals surface area (Å²) in [6.45, 7) is 14.7. The fourth-order valence-corrected chi connectivity index (χ4v) is 40.0. The van der Waals surface area contributed by atoms with Crippen molar-refractivity contribution in [1.82, 2.24) is 19.8 Å². The number of rotatable bonds is 2. The van der Waals surface area contributed by atoms with E-state index in [1.54, 1.807) is 113 Å². The lowest BCUT2D eigenvalue weighted by atomic mass is 10.2. The molecule has 2 aromatic heterocycles. The van der Waals surface area contributed by atoms with E-state index in [1.165, 1.54) is 17.8 Å². The lowest BCUT2D eigenvalue weighted by Gasteiger charge is -2.41. The zero-order valence-corrected chi connectivity index (χ0v) is 49.0. The second-order valence-electron chi connectivity index (χ2n) is 15.2. The van der Waals surface area contributed by atoms with E-state index in [0.717, 1.165) is 72.6 Å². The number of carbonyl (C=O) groups is 2. The molecule has 0 radical (unpaired) electrons. The molecule has 4 aliphatic rings. The first kappa shape index (κ1) is 53.9. The zero-order chi connectivity index (χ0) is 44.4. The highest BCUT2D eigenvalue weighted by Gasteiger charge is 2.45. The van der Waals surface area contributed by atoms with E-state index in [9.17, 15) is 9.59 Å². The molecule has 4 aliphatic heterocycles. The Hall–Kier alpha value is 0.250. The van der Waals surface area contributed by atoms with Gasteiger partial charge in [-0.3, -0.25) is 9.80 Å². The second-order valence-corrected chi connectivity index (χ2v) is 41.2. The minimum atomic E-state index is -0.458. The quantitative estimate of drug-likeness (QED) is 0.268. The number of terminal acetylenes is 1. The maximum absolute atomic E-state index is 12.4. The topological polar surface area (TPSA) is 91.3 Å². The molecule has 4 saturated heterocycles. The van der Waals surface area contributed by atoms with Crippen LogP contribution in [0.3, 0.4) is 0 Å². The average molecular weight is 1240 g/mol. The van der Waals surface area contributed by atoms with Gasteiger partial charge in [0.25, 0.3) is 0 Å². The Morgan fingerprint density at radius 2 is 0.967 bits per heavy atom.